The number of aromatic nitrogens is 2. The van der Waals surface area contributed by atoms with Gasteiger partial charge in [-0.3, -0.25) is 4.98 Å². The van der Waals surface area contributed by atoms with Crippen molar-refractivity contribution in [2.75, 3.05) is 0 Å². The minimum absolute atomic E-state index is 0.210. The van der Waals surface area contributed by atoms with E-state index in [0.29, 0.717) is 11.3 Å². The smallest absolute Gasteiger partial charge is 0.155 e. The maximum atomic E-state index is 13.5. The molecule has 0 radical (unpaired) electrons. The molecule has 0 aliphatic rings. The molecule has 0 fully saturated rings. The van der Waals surface area contributed by atoms with Gasteiger partial charge in [-0.05, 0) is 19.1 Å². The lowest BCUT2D eigenvalue weighted by Gasteiger charge is -2.04. The van der Waals surface area contributed by atoms with Crippen molar-refractivity contribution in [2.24, 2.45) is 0 Å². The van der Waals surface area contributed by atoms with Crippen LogP contribution in [0.5, 0.6) is 0 Å². The van der Waals surface area contributed by atoms with Gasteiger partial charge in [0.25, 0.3) is 0 Å². The standard InChI is InChI=1S/C11H8ClFN2/c1-7-2-3-9(13)8(6-7)10-11(12)15-5-4-14-10/h2-6H,1H3. The quantitative estimate of drug-likeness (QED) is 0.740. The molecule has 0 aliphatic carbocycles. The summed E-state index contributed by atoms with van der Waals surface area (Å²) >= 11 is 5.84. The van der Waals surface area contributed by atoms with E-state index in [1.807, 2.05) is 6.92 Å². The van der Waals surface area contributed by atoms with E-state index in [1.165, 1.54) is 18.5 Å². The zero-order valence-electron chi connectivity index (χ0n) is 8.04. The van der Waals surface area contributed by atoms with Gasteiger partial charge in [0.05, 0.1) is 0 Å². The van der Waals surface area contributed by atoms with Crippen molar-refractivity contribution in [1.82, 2.24) is 9.97 Å². The SMILES string of the molecule is Cc1ccc(F)c(-c2nccnc2Cl)c1. The number of hydrogen-bond donors (Lipinski definition) is 0. The van der Waals surface area contributed by atoms with Crippen LogP contribution >= 0.6 is 11.6 Å². The number of rotatable bonds is 1. The Labute approximate surface area is 91.8 Å². The maximum Gasteiger partial charge on any atom is 0.155 e. The van der Waals surface area contributed by atoms with Gasteiger partial charge < -0.3 is 0 Å². The molecule has 0 aliphatic heterocycles. The summed E-state index contributed by atoms with van der Waals surface area (Å²) in [5.41, 5.74) is 1.71. The third-order valence-electron chi connectivity index (χ3n) is 2.03. The van der Waals surface area contributed by atoms with Crippen molar-refractivity contribution in [2.45, 2.75) is 6.92 Å². The molecule has 0 atom stereocenters. The number of hydrogen-bond acceptors (Lipinski definition) is 2. The predicted octanol–water partition coefficient (Wildman–Crippen LogP) is 3.24. The summed E-state index contributed by atoms with van der Waals surface area (Å²) in [4.78, 5) is 7.88. The van der Waals surface area contributed by atoms with Crippen LogP contribution in [-0.2, 0) is 0 Å². The summed E-state index contributed by atoms with van der Waals surface area (Å²) in [6, 6.07) is 4.80. The van der Waals surface area contributed by atoms with E-state index in [0.717, 1.165) is 5.56 Å². The fraction of sp³-hybridized carbons (Fsp3) is 0.0909. The molecule has 0 unspecified atom stereocenters. The summed E-state index contributed by atoms with van der Waals surface area (Å²) in [6.07, 6.45) is 2.96. The molecular weight excluding hydrogens is 215 g/mol. The Hall–Kier alpha value is -1.48. The van der Waals surface area contributed by atoms with E-state index in [2.05, 4.69) is 9.97 Å². The lowest BCUT2D eigenvalue weighted by Crippen LogP contribution is -1.91. The Morgan fingerprint density at radius 1 is 1.20 bits per heavy atom. The van der Waals surface area contributed by atoms with Crippen LogP contribution in [0.2, 0.25) is 5.15 Å². The first kappa shape index (κ1) is 10.1. The Morgan fingerprint density at radius 2 is 1.93 bits per heavy atom. The zero-order valence-corrected chi connectivity index (χ0v) is 8.79. The molecule has 0 spiro atoms. The summed E-state index contributed by atoms with van der Waals surface area (Å²) < 4.78 is 13.5. The average molecular weight is 223 g/mol. The minimum atomic E-state index is -0.344. The van der Waals surface area contributed by atoms with Crippen LogP contribution in [0.25, 0.3) is 11.3 Å². The fourth-order valence-electron chi connectivity index (χ4n) is 1.32. The van der Waals surface area contributed by atoms with Crippen molar-refractivity contribution in [3.63, 3.8) is 0 Å². The molecule has 0 saturated heterocycles. The van der Waals surface area contributed by atoms with Gasteiger partial charge in [0.2, 0.25) is 0 Å². The molecule has 0 saturated carbocycles. The number of benzene rings is 1. The van der Waals surface area contributed by atoms with Gasteiger partial charge in [0, 0.05) is 18.0 Å². The van der Waals surface area contributed by atoms with Crippen LogP contribution in [0, 0.1) is 12.7 Å². The van der Waals surface area contributed by atoms with Gasteiger partial charge in [-0.2, -0.15) is 0 Å². The largest absolute Gasteiger partial charge is 0.251 e. The first-order valence-electron chi connectivity index (χ1n) is 4.41. The minimum Gasteiger partial charge on any atom is -0.251 e. The second-order valence-electron chi connectivity index (χ2n) is 3.18. The Morgan fingerprint density at radius 3 is 2.67 bits per heavy atom. The van der Waals surface area contributed by atoms with Gasteiger partial charge in [-0.1, -0.05) is 23.2 Å². The van der Waals surface area contributed by atoms with E-state index in [-0.39, 0.29) is 11.0 Å². The maximum absolute atomic E-state index is 13.5. The Kier molecular flexibility index (Phi) is 2.64. The second-order valence-corrected chi connectivity index (χ2v) is 3.54. The van der Waals surface area contributed by atoms with Crippen LogP contribution in [0.3, 0.4) is 0 Å². The van der Waals surface area contributed by atoms with E-state index in [4.69, 9.17) is 11.6 Å². The van der Waals surface area contributed by atoms with Crippen molar-refractivity contribution < 1.29 is 4.39 Å². The second kappa shape index (κ2) is 3.95. The molecule has 1 aromatic heterocycles. The van der Waals surface area contributed by atoms with E-state index in [9.17, 15) is 4.39 Å². The van der Waals surface area contributed by atoms with Crippen LogP contribution < -0.4 is 0 Å². The summed E-state index contributed by atoms with van der Waals surface area (Å²) in [5, 5.41) is 0.210. The monoisotopic (exact) mass is 222 g/mol. The summed E-state index contributed by atoms with van der Waals surface area (Å²) in [6.45, 7) is 1.88. The third kappa shape index (κ3) is 1.97. The highest BCUT2D eigenvalue weighted by molar-refractivity contribution is 6.31. The summed E-state index contributed by atoms with van der Waals surface area (Å²) in [5.74, 6) is -0.344. The van der Waals surface area contributed by atoms with Gasteiger partial charge in [-0.25, -0.2) is 9.37 Å². The van der Waals surface area contributed by atoms with Gasteiger partial charge in [0.1, 0.15) is 11.5 Å². The van der Waals surface area contributed by atoms with Crippen LogP contribution in [0.4, 0.5) is 4.39 Å². The fourth-order valence-corrected chi connectivity index (χ4v) is 1.53. The van der Waals surface area contributed by atoms with Crippen LogP contribution in [0.15, 0.2) is 30.6 Å². The number of aryl methyl sites for hydroxylation is 1. The summed E-state index contributed by atoms with van der Waals surface area (Å²) in [7, 11) is 0. The molecule has 0 amide bonds. The molecule has 1 aromatic carbocycles. The molecular formula is C11H8ClFN2. The Balaban J connectivity index is 2.64. The van der Waals surface area contributed by atoms with Crippen molar-refractivity contribution in [3.05, 3.63) is 47.1 Å². The average Bonchev–Trinajstić information content (AvgIpc) is 2.23. The molecule has 0 N–H and O–H groups in total. The molecule has 1 heterocycles. The Bertz CT molecular complexity index is 500. The molecule has 2 rings (SSSR count). The first-order valence-corrected chi connectivity index (χ1v) is 4.79. The van der Waals surface area contributed by atoms with E-state index >= 15 is 0 Å². The highest BCUT2D eigenvalue weighted by Crippen LogP contribution is 2.26. The lowest BCUT2D eigenvalue weighted by molar-refractivity contribution is 0.630. The molecule has 2 nitrogen and oxygen atoms in total. The third-order valence-corrected chi connectivity index (χ3v) is 2.31. The molecule has 0 bridgehead atoms. The molecule has 2 aromatic rings. The topological polar surface area (TPSA) is 25.8 Å². The first-order chi connectivity index (χ1) is 7.18. The molecule has 4 heteroatoms. The van der Waals surface area contributed by atoms with Gasteiger partial charge in [-0.15, -0.1) is 0 Å². The number of nitrogens with zero attached hydrogens (tertiary/aromatic N) is 2. The highest BCUT2D eigenvalue weighted by Gasteiger charge is 2.10. The molecule has 76 valence electrons. The molecule has 15 heavy (non-hydrogen) atoms. The van der Waals surface area contributed by atoms with Crippen LogP contribution in [0.1, 0.15) is 5.56 Å². The lowest BCUT2D eigenvalue weighted by atomic mass is 10.1. The highest BCUT2D eigenvalue weighted by atomic mass is 35.5. The zero-order chi connectivity index (χ0) is 10.8. The predicted molar refractivity (Wildman–Crippen MR) is 57.2 cm³/mol. The van der Waals surface area contributed by atoms with E-state index < -0.39 is 0 Å². The van der Waals surface area contributed by atoms with Gasteiger partial charge >= 0.3 is 0 Å². The van der Waals surface area contributed by atoms with Crippen molar-refractivity contribution >= 4 is 11.6 Å². The van der Waals surface area contributed by atoms with Crippen molar-refractivity contribution in [1.29, 1.82) is 0 Å². The van der Waals surface area contributed by atoms with Crippen LogP contribution in [-0.4, -0.2) is 9.97 Å². The van der Waals surface area contributed by atoms with Gasteiger partial charge in [0.15, 0.2) is 5.15 Å². The number of halogens is 2. The van der Waals surface area contributed by atoms with E-state index in [1.54, 1.807) is 12.1 Å². The van der Waals surface area contributed by atoms with Crippen molar-refractivity contribution in [3.8, 4) is 11.3 Å². The normalized spacial score (nSPS) is 10.3.